The highest BCUT2D eigenvalue weighted by atomic mass is 19.1. The molecule has 0 bridgehead atoms. The van der Waals surface area contributed by atoms with Gasteiger partial charge in [0.2, 0.25) is 0 Å². The standard InChI is InChI=1S/C14H11FN4O2/c15-8-2-1-3-9(6-8)16-13(20)17-10-4-5-11-12(7-10)19-14(21)18-11/h1-7,11H,(H,16,20)(H2,18,19,21)/b17-10+. The summed E-state index contributed by atoms with van der Waals surface area (Å²) in [5.74, 6) is -0.442. The molecule has 0 aromatic heterocycles. The first-order valence-electron chi connectivity index (χ1n) is 6.23. The summed E-state index contributed by atoms with van der Waals surface area (Å²) < 4.78 is 13.0. The molecule has 1 unspecified atom stereocenters. The Hall–Kier alpha value is -2.96. The number of allylic oxidation sites excluding steroid dienone is 2. The van der Waals surface area contributed by atoms with E-state index in [2.05, 4.69) is 20.9 Å². The van der Waals surface area contributed by atoms with Gasteiger partial charge in [0.25, 0.3) is 0 Å². The summed E-state index contributed by atoms with van der Waals surface area (Å²) in [6.07, 6.45) is 4.96. The number of hydrogen-bond donors (Lipinski definition) is 3. The molecule has 0 radical (unpaired) electrons. The minimum absolute atomic E-state index is 0.206. The van der Waals surface area contributed by atoms with Gasteiger partial charge in [-0.25, -0.2) is 14.0 Å². The number of halogens is 1. The molecule has 1 heterocycles. The third kappa shape index (κ3) is 2.97. The van der Waals surface area contributed by atoms with Crippen molar-refractivity contribution in [3.63, 3.8) is 0 Å². The van der Waals surface area contributed by atoms with E-state index in [1.807, 2.05) is 0 Å². The zero-order valence-corrected chi connectivity index (χ0v) is 10.8. The van der Waals surface area contributed by atoms with Gasteiger partial charge in [-0.05, 0) is 30.4 Å². The number of urea groups is 2. The third-order valence-corrected chi connectivity index (χ3v) is 2.95. The van der Waals surface area contributed by atoms with Crippen LogP contribution in [0.4, 0.5) is 19.7 Å². The molecule has 21 heavy (non-hydrogen) atoms. The van der Waals surface area contributed by atoms with Crippen LogP contribution in [0.3, 0.4) is 0 Å². The molecule has 1 aromatic rings. The van der Waals surface area contributed by atoms with Gasteiger partial charge in [-0.1, -0.05) is 12.1 Å². The fraction of sp³-hybridized carbons (Fsp3) is 0.0714. The lowest BCUT2D eigenvalue weighted by Gasteiger charge is -2.10. The maximum absolute atomic E-state index is 13.0. The quantitative estimate of drug-likeness (QED) is 0.737. The van der Waals surface area contributed by atoms with Gasteiger partial charge in [0.05, 0.1) is 11.8 Å². The molecule has 3 N–H and O–H groups in total. The van der Waals surface area contributed by atoms with Crippen molar-refractivity contribution in [1.82, 2.24) is 10.6 Å². The third-order valence-electron chi connectivity index (χ3n) is 2.95. The van der Waals surface area contributed by atoms with E-state index in [0.29, 0.717) is 17.1 Å². The van der Waals surface area contributed by atoms with Crippen LogP contribution in [-0.2, 0) is 0 Å². The Morgan fingerprint density at radius 3 is 3.05 bits per heavy atom. The number of benzene rings is 1. The summed E-state index contributed by atoms with van der Waals surface area (Å²) in [6, 6.07) is 4.42. The van der Waals surface area contributed by atoms with Crippen LogP contribution in [0, 0.1) is 5.82 Å². The average Bonchev–Trinajstić information content (AvgIpc) is 2.78. The van der Waals surface area contributed by atoms with Crippen molar-refractivity contribution in [2.24, 2.45) is 4.99 Å². The van der Waals surface area contributed by atoms with Crippen molar-refractivity contribution >= 4 is 23.5 Å². The van der Waals surface area contributed by atoms with E-state index in [1.165, 1.54) is 18.2 Å². The molecule has 4 amide bonds. The number of nitrogens with one attached hydrogen (secondary N) is 3. The van der Waals surface area contributed by atoms with Crippen molar-refractivity contribution < 1.29 is 14.0 Å². The van der Waals surface area contributed by atoms with E-state index in [4.69, 9.17) is 0 Å². The lowest BCUT2D eigenvalue weighted by Crippen LogP contribution is -2.25. The van der Waals surface area contributed by atoms with Gasteiger partial charge < -0.3 is 16.0 Å². The number of hydrogen-bond acceptors (Lipinski definition) is 2. The van der Waals surface area contributed by atoms with Crippen LogP contribution in [0.5, 0.6) is 0 Å². The first-order chi connectivity index (χ1) is 10.1. The van der Waals surface area contributed by atoms with Crippen LogP contribution in [-0.4, -0.2) is 23.8 Å². The summed E-state index contributed by atoms with van der Waals surface area (Å²) in [7, 11) is 0. The minimum Gasteiger partial charge on any atom is -0.326 e. The van der Waals surface area contributed by atoms with Crippen molar-refractivity contribution in [1.29, 1.82) is 0 Å². The number of amides is 4. The summed E-state index contributed by atoms with van der Waals surface area (Å²) in [4.78, 5) is 26.8. The largest absolute Gasteiger partial charge is 0.345 e. The SMILES string of the molecule is O=C(/N=C1\C=CC2NC(=O)NC2=C1)Nc1cccc(F)c1. The van der Waals surface area contributed by atoms with Crippen LogP contribution in [0.1, 0.15) is 0 Å². The van der Waals surface area contributed by atoms with Crippen molar-refractivity contribution in [2.45, 2.75) is 6.04 Å². The van der Waals surface area contributed by atoms with Crippen LogP contribution in [0.2, 0.25) is 0 Å². The molecule has 6 nitrogen and oxygen atoms in total. The molecular formula is C14H11FN4O2. The summed E-state index contributed by atoms with van der Waals surface area (Å²) in [6.45, 7) is 0. The Balaban J connectivity index is 1.72. The number of anilines is 1. The topological polar surface area (TPSA) is 82.6 Å². The molecule has 0 spiro atoms. The second-order valence-electron chi connectivity index (χ2n) is 4.51. The van der Waals surface area contributed by atoms with Crippen LogP contribution in [0.15, 0.2) is 53.2 Å². The predicted molar refractivity (Wildman–Crippen MR) is 75.5 cm³/mol. The zero-order chi connectivity index (χ0) is 14.8. The van der Waals surface area contributed by atoms with Gasteiger partial charge in [0, 0.05) is 11.4 Å². The van der Waals surface area contributed by atoms with Crippen LogP contribution < -0.4 is 16.0 Å². The average molecular weight is 286 g/mol. The highest BCUT2D eigenvalue weighted by Gasteiger charge is 2.26. The molecule has 1 aliphatic carbocycles. The van der Waals surface area contributed by atoms with Gasteiger partial charge in [-0.3, -0.25) is 0 Å². The van der Waals surface area contributed by atoms with E-state index in [9.17, 15) is 14.0 Å². The smallest absolute Gasteiger partial charge is 0.326 e. The van der Waals surface area contributed by atoms with Crippen molar-refractivity contribution in [3.05, 3.63) is 54.0 Å². The Labute approximate surface area is 119 Å². The monoisotopic (exact) mass is 286 g/mol. The maximum Gasteiger partial charge on any atom is 0.345 e. The van der Waals surface area contributed by atoms with Gasteiger partial charge in [-0.2, -0.15) is 4.99 Å². The van der Waals surface area contributed by atoms with Gasteiger partial charge in [0.15, 0.2) is 0 Å². The van der Waals surface area contributed by atoms with E-state index in [-0.39, 0.29) is 12.1 Å². The fourth-order valence-corrected chi connectivity index (χ4v) is 2.05. The number of carbonyl (C=O) groups excluding carboxylic acids is 2. The number of rotatable bonds is 1. The Kier molecular flexibility index (Phi) is 3.23. The Bertz CT molecular complexity index is 709. The molecule has 106 valence electrons. The lowest BCUT2D eigenvalue weighted by molar-refractivity contribution is 0.248. The number of aliphatic imine (C=N–C) groups is 1. The molecular weight excluding hydrogens is 275 g/mol. The van der Waals surface area contributed by atoms with Gasteiger partial charge >= 0.3 is 12.1 Å². The van der Waals surface area contributed by atoms with Crippen LogP contribution in [0.25, 0.3) is 0 Å². The van der Waals surface area contributed by atoms with Crippen LogP contribution >= 0.6 is 0 Å². The Morgan fingerprint density at radius 1 is 1.38 bits per heavy atom. The molecule has 3 rings (SSSR count). The molecule has 1 fully saturated rings. The first kappa shape index (κ1) is 13.0. The second kappa shape index (κ2) is 5.20. The lowest BCUT2D eigenvalue weighted by atomic mass is 10.1. The highest BCUT2D eigenvalue weighted by Crippen LogP contribution is 2.13. The highest BCUT2D eigenvalue weighted by molar-refractivity contribution is 6.12. The normalized spacial score (nSPS) is 21.4. The van der Waals surface area contributed by atoms with Gasteiger partial charge in [-0.15, -0.1) is 0 Å². The first-order valence-corrected chi connectivity index (χ1v) is 6.23. The van der Waals surface area contributed by atoms with E-state index >= 15 is 0 Å². The predicted octanol–water partition coefficient (Wildman–Crippen LogP) is 1.93. The number of carbonyl (C=O) groups is 2. The number of fused-ring (bicyclic) bond motifs is 1. The Morgan fingerprint density at radius 2 is 2.24 bits per heavy atom. The maximum atomic E-state index is 13.0. The molecule has 1 saturated heterocycles. The van der Waals surface area contributed by atoms with E-state index in [1.54, 1.807) is 24.3 Å². The molecule has 1 aromatic carbocycles. The minimum atomic E-state index is -0.618. The fourth-order valence-electron chi connectivity index (χ4n) is 2.05. The van der Waals surface area contributed by atoms with E-state index in [0.717, 1.165) is 0 Å². The van der Waals surface area contributed by atoms with Gasteiger partial charge in [0.1, 0.15) is 5.82 Å². The summed E-state index contributed by atoms with van der Waals surface area (Å²) in [5.41, 5.74) is 1.37. The second-order valence-corrected chi connectivity index (χ2v) is 4.51. The molecule has 0 saturated carbocycles. The molecule has 1 atom stereocenters. The summed E-state index contributed by atoms with van der Waals surface area (Å²) in [5, 5.41) is 7.75. The van der Waals surface area contributed by atoms with E-state index < -0.39 is 11.8 Å². The number of nitrogens with zero attached hydrogens (tertiary/aromatic N) is 1. The molecule has 2 aliphatic rings. The zero-order valence-electron chi connectivity index (χ0n) is 10.8. The van der Waals surface area contributed by atoms with Crippen molar-refractivity contribution in [2.75, 3.05) is 5.32 Å². The summed E-state index contributed by atoms with van der Waals surface area (Å²) >= 11 is 0. The van der Waals surface area contributed by atoms with Crippen molar-refractivity contribution in [3.8, 4) is 0 Å². The molecule has 1 aliphatic heterocycles. The molecule has 7 heteroatoms.